The van der Waals surface area contributed by atoms with Crippen molar-refractivity contribution in [3.8, 4) is 0 Å². The van der Waals surface area contributed by atoms with Crippen molar-refractivity contribution in [2.75, 3.05) is 5.32 Å². The molecule has 2 N–H and O–H groups in total. The van der Waals surface area contributed by atoms with Gasteiger partial charge in [0.05, 0.1) is 22.1 Å². The minimum atomic E-state index is -3.60. The third-order valence-corrected chi connectivity index (χ3v) is 5.56. The van der Waals surface area contributed by atoms with Crippen molar-refractivity contribution >= 4 is 32.5 Å². The van der Waals surface area contributed by atoms with Gasteiger partial charge in [-0.3, -0.25) is 14.2 Å². The van der Waals surface area contributed by atoms with Gasteiger partial charge in [0.2, 0.25) is 15.9 Å². The van der Waals surface area contributed by atoms with Gasteiger partial charge in [0, 0.05) is 11.7 Å². The number of carbonyl (C=O) groups is 1. The molecule has 1 aromatic heterocycles. The Morgan fingerprint density at radius 2 is 1.79 bits per heavy atom. The Kier molecular flexibility index (Phi) is 5.57. The molecule has 28 heavy (non-hydrogen) atoms. The van der Waals surface area contributed by atoms with Crippen LogP contribution in [-0.4, -0.2) is 29.9 Å². The number of amides is 1. The van der Waals surface area contributed by atoms with Crippen molar-refractivity contribution < 1.29 is 13.2 Å². The Hall–Kier alpha value is -3.04. The Morgan fingerprint density at radius 1 is 1.11 bits per heavy atom. The van der Waals surface area contributed by atoms with Gasteiger partial charge in [-0.15, -0.1) is 0 Å². The number of fused-ring (bicyclic) bond motifs is 1. The van der Waals surface area contributed by atoms with Gasteiger partial charge in [0.1, 0.15) is 6.54 Å². The number of sulfonamides is 1. The van der Waals surface area contributed by atoms with Gasteiger partial charge in [-0.05, 0) is 50.2 Å². The summed E-state index contributed by atoms with van der Waals surface area (Å²) in [6.45, 7) is 3.26. The van der Waals surface area contributed by atoms with E-state index in [-0.39, 0.29) is 23.0 Å². The average Bonchev–Trinajstić information content (AvgIpc) is 2.64. The highest BCUT2D eigenvalue weighted by molar-refractivity contribution is 7.89. The fourth-order valence-electron chi connectivity index (χ4n) is 2.67. The first-order valence-electron chi connectivity index (χ1n) is 8.63. The summed E-state index contributed by atoms with van der Waals surface area (Å²) in [5, 5.41) is 3.08. The lowest BCUT2D eigenvalue weighted by atomic mass is 10.2. The van der Waals surface area contributed by atoms with Crippen LogP contribution in [0.4, 0.5) is 5.69 Å². The van der Waals surface area contributed by atoms with Crippen LogP contribution in [0.1, 0.15) is 13.8 Å². The normalized spacial score (nSPS) is 11.7. The molecule has 0 aliphatic rings. The van der Waals surface area contributed by atoms with Crippen LogP contribution in [0.25, 0.3) is 10.9 Å². The Balaban J connectivity index is 1.72. The maximum atomic E-state index is 12.4. The summed E-state index contributed by atoms with van der Waals surface area (Å²) in [7, 11) is -3.60. The SMILES string of the molecule is CC(C)NS(=O)(=O)c1ccc(NC(=O)Cn2cnc3ccccc3c2=O)cc1. The zero-order chi connectivity index (χ0) is 20.3. The van der Waals surface area contributed by atoms with Crippen molar-refractivity contribution in [3.63, 3.8) is 0 Å². The van der Waals surface area contributed by atoms with E-state index in [1.807, 2.05) is 0 Å². The summed E-state index contributed by atoms with van der Waals surface area (Å²) in [5.41, 5.74) is 0.688. The van der Waals surface area contributed by atoms with E-state index in [1.165, 1.54) is 35.2 Å². The van der Waals surface area contributed by atoms with Gasteiger partial charge in [0.15, 0.2) is 0 Å². The monoisotopic (exact) mass is 400 g/mol. The topological polar surface area (TPSA) is 110 Å². The number of aromatic nitrogens is 2. The highest BCUT2D eigenvalue weighted by Gasteiger charge is 2.15. The number of anilines is 1. The highest BCUT2D eigenvalue weighted by Crippen LogP contribution is 2.14. The lowest BCUT2D eigenvalue weighted by Crippen LogP contribution is -2.30. The van der Waals surface area contributed by atoms with E-state index in [1.54, 1.807) is 38.1 Å². The zero-order valence-corrected chi connectivity index (χ0v) is 16.2. The van der Waals surface area contributed by atoms with E-state index in [0.29, 0.717) is 16.6 Å². The van der Waals surface area contributed by atoms with Crippen molar-refractivity contribution in [2.24, 2.45) is 0 Å². The molecule has 3 rings (SSSR count). The summed E-state index contributed by atoms with van der Waals surface area (Å²) >= 11 is 0. The number of para-hydroxylation sites is 1. The Morgan fingerprint density at radius 3 is 2.46 bits per heavy atom. The van der Waals surface area contributed by atoms with Gasteiger partial charge in [-0.25, -0.2) is 18.1 Å². The fraction of sp³-hybridized carbons (Fsp3) is 0.211. The number of nitrogens with one attached hydrogen (secondary N) is 2. The van der Waals surface area contributed by atoms with Crippen molar-refractivity contribution in [1.29, 1.82) is 0 Å². The molecule has 0 radical (unpaired) electrons. The second-order valence-electron chi connectivity index (χ2n) is 6.54. The van der Waals surface area contributed by atoms with Crippen LogP contribution in [0, 0.1) is 0 Å². The lowest BCUT2D eigenvalue weighted by Gasteiger charge is -2.11. The standard InChI is InChI=1S/C19H20N4O4S/c1-13(2)22-28(26,27)15-9-7-14(8-10-15)21-18(24)11-23-12-20-17-6-4-3-5-16(17)19(23)25/h3-10,12-13,22H,11H2,1-2H3,(H,21,24). The number of rotatable bonds is 6. The molecular weight excluding hydrogens is 380 g/mol. The number of nitrogens with zero attached hydrogens (tertiary/aromatic N) is 2. The second-order valence-corrected chi connectivity index (χ2v) is 8.26. The average molecular weight is 400 g/mol. The van der Waals surface area contributed by atoms with Crippen LogP contribution in [-0.2, 0) is 21.4 Å². The third kappa shape index (κ3) is 4.44. The summed E-state index contributed by atoms with van der Waals surface area (Å²) in [4.78, 5) is 29.0. The molecule has 0 saturated carbocycles. The molecule has 2 aromatic carbocycles. The van der Waals surface area contributed by atoms with Gasteiger partial charge >= 0.3 is 0 Å². The first-order chi connectivity index (χ1) is 13.3. The molecule has 0 fully saturated rings. The predicted molar refractivity (Wildman–Crippen MR) is 107 cm³/mol. The van der Waals surface area contributed by atoms with Crippen LogP contribution < -0.4 is 15.6 Å². The van der Waals surface area contributed by atoms with Gasteiger partial charge in [0.25, 0.3) is 5.56 Å². The summed E-state index contributed by atoms with van der Waals surface area (Å²) in [5.74, 6) is -0.421. The van der Waals surface area contributed by atoms with Crippen molar-refractivity contribution in [2.45, 2.75) is 31.3 Å². The maximum absolute atomic E-state index is 12.4. The molecule has 0 spiro atoms. The molecule has 0 unspecified atom stereocenters. The molecule has 3 aromatic rings. The van der Waals surface area contributed by atoms with Gasteiger partial charge in [-0.2, -0.15) is 0 Å². The first kappa shape index (κ1) is 19.7. The highest BCUT2D eigenvalue weighted by atomic mass is 32.2. The van der Waals surface area contributed by atoms with Crippen molar-refractivity contribution in [3.05, 3.63) is 65.2 Å². The molecule has 0 saturated heterocycles. The first-order valence-corrected chi connectivity index (χ1v) is 10.1. The molecule has 1 heterocycles. The molecule has 146 valence electrons. The quantitative estimate of drug-likeness (QED) is 0.655. The van der Waals surface area contributed by atoms with Gasteiger partial charge < -0.3 is 5.32 Å². The third-order valence-electron chi connectivity index (χ3n) is 3.88. The van der Waals surface area contributed by atoms with Crippen LogP contribution in [0.15, 0.2) is 64.5 Å². The van der Waals surface area contributed by atoms with Crippen LogP contribution in [0.3, 0.4) is 0 Å². The summed E-state index contributed by atoms with van der Waals surface area (Å²) < 4.78 is 28.0. The molecule has 0 atom stereocenters. The zero-order valence-electron chi connectivity index (χ0n) is 15.4. The fourth-order valence-corrected chi connectivity index (χ4v) is 3.92. The van der Waals surface area contributed by atoms with E-state index in [4.69, 9.17) is 0 Å². The van der Waals surface area contributed by atoms with E-state index in [0.717, 1.165) is 0 Å². The van der Waals surface area contributed by atoms with Gasteiger partial charge in [-0.1, -0.05) is 12.1 Å². The van der Waals surface area contributed by atoms with Crippen LogP contribution in [0.5, 0.6) is 0 Å². The Labute approximate surface area is 162 Å². The van der Waals surface area contributed by atoms with Crippen LogP contribution in [0.2, 0.25) is 0 Å². The van der Waals surface area contributed by atoms with E-state index >= 15 is 0 Å². The molecule has 1 amide bonds. The number of benzene rings is 2. The predicted octanol–water partition coefficient (Wildman–Crippen LogP) is 1.72. The molecule has 0 bridgehead atoms. The number of carbonyl (C=O) groups excluding carboxylic acids is 1. The van der Waals surface area contributed by atoms with Crippen molar-refractivity contribution in [1.82, 2.24) is 14.3 Å². The maximum Gasteiger partial charge on any atom is 0.261 e. The number of hydrogen-bond donors (Lipinski definition) is 2. The summed E-state index contributed by atoms with van der Waals surface area (Å²) in [6.07, 6.45) is 1.33. The van der Waals surface area contributed by atoms with E-state index in [9.17, 15) is 18.0 Å². The number of hydrogen-bond acceptors (Lipinski definition) is 5. The van der Waals surface area contributed by atoms with E-state index < -0.39 is 15.9 Å². The molecule has 0 aliphatic heterocycles. The lowest BCUT2D eigenvalue weighted by molar-refractivity contribution is -0.116. The second kappa shape index (κ2) is 7.91. The van der Waals surface area contributed by atoms with E-state index in [2.05, 4.69) is 15.0 Å². The minimum Gasteiger partial charge on any atom is -0.325 e. The Bertz CT molecular complexity index is 1170. The molecule has 8 nitrogen and oxygen atoms in total. The molecular formula is C19H20N4O4S. The molecule has 0 aliphatic carbocycles. The molecule has 9 heteroatoms. The van der Waals surface area contributed by atoms with Crippen LogP contribution >= 0.6 is 0 Å². The largest absolute Gasteiger partial charge is 0.325 e. The summed E-state index contributed by atoms with van der Waals surface area (Å²) in [6, 6.07) is 12.5. The smallest absolute Gasteiger partial charge is 0.261 e. The minimum absolute atomic E-state index is 0.106.